The first-order valence-electron chi connectivity index (χ1n) is 27.8. The summed E-state index contributed by atoms with van der Waals surface area (Å²) in [5.74, 6) is -5.35. The third-order valence-corrected chi connectivity index (χ3v) is 15.9. The number of halogens is 1. The minimum Gasteiger partial charge on any atom is -0.497 e. The van der Waals surface area contributed by atoms with Crippen molar-refractivity contribution in [3.8, 4) is 11.5 Å². The molecule has 0 spiro atoms. The summed E-state index contributed by atoms with van der Waals surface area (Å²) < 4.78 is 35.3. The highest BCUT2D eigenvalue weighted by Gasteiger charge is 2.64. The molecule has 7 N–H and O–H groups in total. The number of anilines is 2. The van der Waals surface area contributed by atoms with E-state index in [0.717, 1.165) is 16.0 Å². The zero-order valence-electron chi connectivity index (χ0n) is 49.5. The lowest BCUT2D eigenvalue weighted by atomic mass is 9.78. The average molecular weight is 1180 g/mol. The molecular formula is C59H82ClN7O16. The standard InChI is InChI=1S/C59H82ClN7O16/c1-32(2)51(65-47(69)21-14-13-18-34(4)68)54(73)63-40(19-16-24-62-57(61)76)53(72)64-41-28-38(78-10)22-23-39(41)55(74)66(8)36(6)56(75)82-46-29-48(70)67(9)42-26-37(27-43(79-11)50(42)60)25-33(3)17-15-20-45(80-12)59(77)30-44(81-49(71)31-59)35(5)52-58(46,7)83-52/h15,17,20,22-23,26-28,32,35-36,40,44-46,51-52,77H,13-14,16,18-19,21,24-25,29-31H2,1-12H3,(H,63,73)(H,64,72)(H,65,69)(H3,61,62,76)/b20-15+,33-17+/t35-,36+,40+,44+,45-,46+,51+,52+,58+,59-/m1/s1. The van der Waals surface area contributed by atoms with Crippen LogP contribution in [-0.4, -0.2) is 159 Å². The molecule has 3 aliphatic rings. The number of hydrogen-bond donors (Lipinski definition) is 6. The maximum absolute atomic E-state index is 14.7. The van der Waals surface area contributed by atoms with Gasteiger partial charge in [-0.25, -0.2) is 9.59 Å². The number of epoxide rings is 1. The number of benzene rings is 2. The van der Waals surface area contributed by atoms with Gasteiger partial charge in [0.1, 0.15) is 69.9 Å². The average Bonchev–Trinajstić information content (AvgIpc) is 4.35. The van der Waals surface area contributed by atoms with Crippen molar-refractivity contribution in [2.75, 3.05) is 52.2 Å². The van der Waals surface area contributed by atoms with E-state index in [1.54, 1.807) is 52.0 Å². The van der Waals surface area contributed by atoms with Gasteiger partial charge in [-0.3, -0.25) is 28.8 Å². The first-order chi connectivity index (χ1) is 39.1. The van der Waals surface area contributed by atoms with Crippen LogP contribution < -0.4 is 41.4 Å². The number of methoxy groups -OCH3 is 3. The number of esters is 2. The van der Waals surface area contributed by atoms with E-state index < -0.39 is 120 Å². The van der Waals surface area contributed by atoms with E-state index in [4.69, 9.17) is 45.8 Å². The lowest BCUT2D eigenvalue weighted by molar-refractivity contribution is -0.187. The van der Waals surface area contributed by atoms with Crippen molar-refractivity contribution in [1.82, 2.24) is 20.9 Å². The van der Waals surface area contributed by atoms with E-state index in [0.29, 0.717) is 37.1 Å². The van der Waals surface area contributed by atoms with Crippen LogP contribution in [0.5, 0.6) is 11.5 Å². The summed E-state index contributed by atoms with van der Waals surface area (Å²) in [6.45, 7) is 11.7. The number of allylic oxidation sites excluding steroid dienone is 3. The van der Waals surface area contributed by atoms with Gasteiger partial charge in [0.05, 0.1) is 50.1 Å². The predicted octanol–water partition coefficient (Wildman–Crippen LogP) is 5.25. The molecule has 0 saturated carbocycles. The molecule has 0 unspecified atom stereocenters. The monoisotopic (exact) mass is 1180 g/mol. The van der Waals surface area contributed by atoms with Crippen LogP contribution in [0, 0.1) is 11.8 Å². The highest BCUT2D eigenvalue weighted by atomic mass is 35.5. The van der Waals surface area contributed by atoms with Crippen LogP contribution in [-0.2, 0) is 58.9 Å². The van der Waals surface area contributed by atoms with Crippen LogP contribution in [0.25, 0.3) is 0 Å². The number of aliphatic hydroxyl groups is 1. The van der Waals surface area contributed by atoms with Gasteiger partial charge in [0.15, 0.2) is 0 Å². The molecule has 4 bridgehead atoms. The van der Waals surface area contributed by atoms with Crippen molar-refractivity contribution in [2.24, 2.45) is 17.6 Å². The predicted molar refractivity (Wildman–Crippen MR) is 308 cm³/mol. The molecule has 24 heteroatoms. The first kappa shape index (κ1) is 66.7. The number of fused-ring (bicyclic) bond motifs is 5. The van der Waals surface area contributed by atoms with E-state index >= 15 is 0 Å². The highest BCUT2D eigenvalue weighted by Crippen LogP contribution is 2.50. The van der Waals surface area contributed by atoms with Gasteiger partial charge in [-0.1, -0.05) is 56.2 Å². The third kappa shape index (κ3) is 17.5. The van der Waals surface area contributed by atoms with Crippen LogP contribution in [0.1, 0.15) is 122 Å². The largest absolute Gasteiger partial charge is 0.497 e. The molecule has 0 radical (unpaired) electrons. The fraction of sp³-hybridized carbons (Fsp3) is 0.576. The van der Waals surface area contributed by atoms with Crippen LogP contribution in [0.2, 0.25) is 5.02 Å². The summed E-state index contributed by atoms with van der Waals surface area (Å²) in [4.78, 5) is 124. The van der Waals surface area contributed by atoms with E-state index in [1.807, 2.05) is 13.0 Å². The maximum atomic E-state index is 14.7. The number of nitrogens with zero attached hydrogens (tertiary/aromatic N) is 2. The zero-order valence-corrected chi connectivity index (χ0v) is 50.3. The van der Waals surface area contributed by atoms with Crippen molar-refractivity contribution in [3.63, 3.8) is 0 Å². The number of primary amides is 1. The molecule has 2 saturated heterocycles. The number of urea groups is 1. The SMILES string of the molecule is COc1ccc(C(=O)N(C)[C@@H](C)C(=O)O[C@H]2CC(=O)N(C)c3cc(cc(OC)c3Cl)C/C(C)=C/C=C/[C@@H](OC)[C@]3(O)CC(=O)O[C@@H](C3)[C@@H](C)[C@@H]3O[C@@]23C)c(NC(=O)[C@H](CCCNC(N)=O)NC(=O)[C@@H](NC(=O)CCCCC(C)=O)C(C)C)c1. The van der Waals surface area contributed by atoms with Gasteiger partial charge in [0.2, 0.25) is 23.6 Å². The molecular weight excluding hydrogens is 1100 g/mol. The molecule has 10 atom stereocenters. The van der Waals surface area contributed by atoms with Crippen LogP contribution in [0.15, 0.2) is 54.1 Å². The molecule has 23 nitrogen and oxygen atoms in total. The smallest absolute Gasteiger partial charge is 0.328 e. The summed E-state index contributed by atoms with van der Waals surface area (Å²) in [6.07, 6.45) is 2.27. The van der Waals surface area contributed by atoms with Crippen LogP contribution in [0.4, 0.5) is 16.2 Å². The Hall–Kier alpha value is -7.08. The number of nitrogens with one attached hydrogen (secondary N) is 4. The van der Waals surface area contributed by atoms with Gasteiger partial charge >= 0.3 is 18.0 Å². The number of Topliss-reactive ketones (excluding diaryl/α,β-unsaturated/α-hetero) is 1. The highest BCUT2D eigenvalue weighted by molar-refractivity contribution is 6.35. The van der Waals surface area contributed by atoms with Crippen molar-refractivity contribution in [2.45, 2.75) is 166 Å². The Bertz CT molecular complexity index is 2810. The van der Waals surface area contributed by atoms with Crippen molar-refractivity contribution < 1.29 is 76.7 Å². The van der Waals surface area contributed by atoms with Gasteiger partial charge < -0.3 is 75.1 Å². The van der Waals surface area contributed by atoms with E-state index in [2.05, 4.69) is 21.3 Å². The molecule has 2 aromatic carbocycles. The Kier molecular flexibility index (Phi) is 23.7. The lowest BCUT2D eigenvalue weighted by Crippen LogP contribution is -2.54. The van der Waals surface area contributed by atoms with Crippen LogP contribution in [0.3, 0.4) is 0 Å². The Balaban J connectivity index is 1.44. The second kappa shape index (κ2) is 29.4. The Morgan fingerprint density at radius 2 is 1.67 bits per heavy atom. The van der Waals surface area contributed by atoms with E-state index in [-0.39, 0.29) is 66.5 Å². The fourth-order valence-electron chi connectivity index (χ4n) is 10.3. The number of amides is 7. The first-order valence-corrected chi connectivity index (χ1v) is 28.1. The summed E-state index contributed by atoms with van der Waals surface area (Å²) in [5.41, 5.74) is 3.95. The minimum atomic E-state index is -1.68. The second-order valence-electron chi connectivity index (χ2n) is 22.2. The van der Waals surface area contributed by atoms with Crippen LogP contribution >= 0.6 is 11.6 Å². The summed E-state index contributed by atoms with van der Waals surface area (Å²) >= 11 is 6.87. The molecule has 0 aromatic heterocycles. The molecule has 5 rings (SSSR count). The normalized spacial score (nSPS) is 24.7. The number of rotatable bonds is 22. The lowest BCUT2D eigenvalue weighted by Gasteiger charge is -2.41. The number of likely N-dealkylation sites (N-methyl/N-ethyl adjacent to an activating group) is 1. The number of nitrogens with two attached hydrogens (primary N) is 1. The molecule has 2 fully saturated rings. The molecule has 3 aliphatic heterocycles. The maximum Gasteiger partial charge on any atom is 0.328 e. The van der Waals surface area contributed by atoms with Crippen molar-refractivity contribution >= 4 is 76.3 Å². The molecule has 0 aliphatic carbocycles. The van der Waals surface area contributed by atoms with Gasteiger partial charge in [-0.2, -0.15) is 0 Å². The topological polar surface area (TPSA) is 313 Å². The summed E-state index contributed by atoms with van der Waals surface area (Å²) in [6, 6.07) is 3.19. The molecule has 2 aromatic rings. The molecule has 456 valence electrons. The van der Waals surface area contributed by atoms with Gasteiger partial charge in [0.25, 0.3) is 5.91 Å². The van der Waals surface area contributed by atoms with Gasteiger partial charge in [-0.05, 0) is 95.5 Å². The summed E-state index contributed by atoms with van der Waals surface area (Å²) in [5, 5.41) is 22.8. The quantitative estimate of drug-likeness (QED) is 0.0498. The number of carbonyl (C=O) groups excluding carboxylic acids is 9. The Morgan fingerprint density at radius 1 is 0.976 bits per heavy atom. The number of unbranched alkanes of at least 4 members (excludes halogenated alkanes) is 1. The second-order valence-corrected chi connectivity index (χ2v) is 22.6. The summed E-state index contributed by atoms with van der Waals surface area (Å²) in [7, 11) is 7.12. The van der Waals surface area contributed by atoms with Gasteiger partial charge in [0, 0.05) is 59.0 Å². The molecule has 3 heterocycles. The zero-order chi connectivity index (χ0) is 61.7. The van der Waals surface area contributed by atoms with E-state index in [9.17, 15) is 48.3 Å². The van der Waals surface area contributed by atoms with Gasteiger partial charge in [-0.15, -0.1) is 0 Å². The number of ether oxygens (including phenoxy) is 6. The Labute approximate surface area is 490 Å². The molecule has 7 amide bonds. The van der Waals surface area contributed by atoms with Crippen molar-refractivity contribution in [3.05, 3.63) is 70.3 Å². The Morgan fingerprint density at radius 3 is 2.31 bits per heavy atom. The number of carbonyl (C=O) groups is 9. The number of hydrogen-bond acceptors (Lipinski definition) is 16. The molecule has 83 heavy (non-hydrogen) atoms. The third-order valence-electron chi connectivity index (χ3n) is 15.5. The van der Waals surface area contributed by atoms with Crippen molar-refractivity contribution in [1.29, 1.82) is 0 Å². The minimum absolute atomic E-state index is 0.00406. The number of ketones is 1. The van der Waals surface area contributed by atoms with E-state index in [1.165, 1.54) is 72.4 Å². The fourth-order valence-corrected chi connectivity index (χ4v) is 10.6.